The number of aromatic nitrogens is 1. The van der Waals surface area contributed by atoms with Crippen LogP contribution in [0.25, 0.3) is 5.76 Å². The van der Waals surface area contributed by atoms with Gasteiger partial charge in [-0.25, -0.2) is 14.2 Å². The number of hydrogen-bond donors (Lipinski definition) is 1. The first kappa shape index (κ1) is 28.7. The summed E-state index contributed by atoms with van der Waals surface area (Å²) >= 11 is 0.903. The van der Waals surface area contributed by atoms with E-state index >= 15 is 0 Å². The van der Waals surface area contributed by atoms with Gasteiger partial charge in [-0.15, -0.1) is 0 Å². The van der Waals surface area contributed by atoms with Crippen LogP contribution in [0.2, 0.25) is 0 Å². The van der Waals surface area contributed by atoms with Crippen molar-refractivity contribution in [1.29, 1.82) is 0 Å². The molecule has 8 nitrogen and oxygen atoms in total. The number of ketones is 1. The Labute approximate surface area is 245 Å². The molecule has 2 heterocycles. The van der Waals surface area contributed by atoms with Gasteiger partial charge < -0.3 is 14.6 Å². The number of hydrogen-bond acceptors (Lipinski definition) is 8. The van der Waals surface area contributed by atoms with Crippen LogP contribution in [0.1, 0.15) is 50.6 Å². The summed E-state index contributed by atoms with van der Waals surface area (Å²) < 4.78 is 24.9. The van der Waals surface area contributed by atoms with E-state index in [9.17, 15) is 23.9 Å². The van der Waals surface area contributed by atoms with Crippen molar-refractivity contribution in [2.75, 3.05) is 11.5 Å². The molecule has 214 valence electrons. The summed E-state index contributed by atoms with van der Waals surface area (Å²) in [6.45, 7) is 5.53. The summed E-state index contributed by atoms with van der Waals surface area (Å²) in [5.74, 6) is -2.80. The predicted octanol–water partition coefficient (Wildman–Crippen LogP) is 6.28. The second-order valence-corrected chi connectivity index (χ2v) is 10.6. The highest BCUT2D eigenvalue weighted by Crippen LogP contribution is 2.44. The van der Waals surface area contributed by atoms with E-state index in [0.29, 0.717) is 34.7 Å². The molecule has 1 amide bonds. The fourth-order valence-electron chi connectivity index (χ4n) is 4.74. The molecule has 1 saturated heterocycles. The number of aryl methyl sites for hydroxylation is 2. The van der Waals surface area contributed by atoms with E-state index in [0.717, 1.165) is 21.8 Å². The number of ether oxygens (including phenoxy) is 2. The average Bonchev–Trinajstić information content (AvgIpc) is 3.49. The fourth-order valence-corrected chi connectivity index (χ4v) is 5.73. The topological polar surface area (TPSA) is 106 Å². The van der Waals surface area contributed by atoms with Crippen LogP contribution in [0.15, 0.2) is 78.4 Å². The SMILES string of the molecule is CCOC(=O)c1sc(N2C(=O)C(=O)/C(=C(/O)c3ccc(OCc4ccccc4)cc3C)C2c2ccc(F)cc2)nc1C. The molecule has 1 fully saturated rings. The van der Waals surface area contributed by atoms with Crippen LogP contribution in [0.4, 0.5) is 9.52 Å². The van der Waals surface area contributed by atoms with E-state index in [-0.39, 0.29) is 22.2 Å². The normalized spacial score (nSPS) is 16.1. The zero-order chi connectivity index (χ0) is 30.0. The molecule has 0 spiro atoms. The molecule has 0 aliphatic carbocycles. The summed E-state index contributed by atoms with van der Waals surface area (Å²) in [6.07, 6.45) is 0. The van der Waals surface area contributed by atoms with Crippen LogP contribution in [0.5, 0.6) is 5.75 Å². The molecule has 5 rings (SSSR count). The van der Waals surface area contributed by atoms with Crippen molar-refractivity contribution < 1.29 is 33.4 Å². The number of aliphatic hydroxyl groups excluding tert-OH is 1. The molecule has 1 atom stereocenters. The van der Waals surface area contributed by atoms with Crippen molar-refractivity contribution in [3.8, 4) is 5.75 Å². The second kappa shape index (κ2) is 12.0. The number of carbonyl (C=O) groups is 3. The first-order chi connectivity index (χ1) is 20.2. The van der Waals surface area contributed by atoms with Gasteiger partial charge in [0.25, 0.3) is 5.78 Å². The molecule has 1 N–H and O–H groups in total. The number of Topliss-reactive ketones (excluding diaryl/α,β-unsaturated/α-hetero) is 1. The number of aliphatic hydroxyl groups is 1. The number of esters is 1. The van der Waals surface area contributed by atoms with Crippen molar-refractivity contribution in [3.05, 3.63) is 117 Å². The molecular formula is C32H27FN2O6S. The Balaban J connectivity index is 1.57. The third-order valence-electron chi connectivity index (χ3n) is 6.78. The smallest absolute Gasteiger partial charge is 0.350 e. The maximum absolute atomic E-state index is 13.9. The monoisotopic (exact) mass is 586 g/mol. The highest BCUT2D eigenvalue weighted by molar-refractivity contribution is 7.17. The molecule has 0 radical (unpaired) electrons. The number of benzene rings is 3. The lowest BCUT2D eigenvalue weighted by molar-refractivity contribution is -0.132. The Bertz CT molecular complexity index is 1700. The molecular weight excluding hydrogens is 559 g/mol. The van der Waals surface area contributed by atoms with Crippen molar-refractivity contribution in [1.82, 2.24) is 4.98 Å². The molecule has 3 aromatic carbocycles. The van der Waals surface area contributed by atoms with E-state index in [1.54, 1.807) is 39.0 Å². The number of rotatable bonds is 8. The Morgan fingerprint density at radius 1 is 1.05 bits per heavy atom. The minimum absolute atomic E-state index is 0.0763. The summed E-state index contributed by atoms with van der Waals surface area (Å²) in [6, 6.07) is 18.8. The number of amides is 1. The van der Waals surface area contributed by atoms with Crippen LogP contribution in [-0.2, 0) is 20.9 Å². The largest absolute Gasteiger partial charge is 0.507 e. The minimum Gasteiger partial charge on any atom is -0.507 e. The molecule has 1 aliphatic rings. The Hall–Kier alpha value is -4.83. The summed E-state index contributed by atoms with van der Waals surface area (Å²) in [4.78, 5) is 45.1. The van der Waals surface area contributed by atoms with Crippen LogP contribution in [0.3, 0.4) is 0 Å². The Morgan fingerprint density at radius 2 is 1.76 bits per heavy atom. The highest BCUT2D eigenvalue weighted by Gasteiger charge is 2.48. The van der Waals surface area contributed by atoms with Crippen LogP contribution in [-0.4, -0.2) is 34.4 Å². The molecule has 0 bridgehead atoms. The number of halogens is 1. The maximum Gasteiger partial charge on any atom is 0.350 e. The van der Waals surface area contributed by atoms with E-state index in [2.05, 4.69) is 4.98 Å². The molecule has 1 aromatic heterocycles. The summed E-state index contributed by atoms with van der Waals surface area (Å²) in [5, 5.41) is 11.6. The number of nitrogens with zero attached hydrogens (tertiary/aromatic N) is 2. The standard InChI is InChI=1S/C32H27FN2O6S/c1-4-40-31(39)29-19(3)34-32(42-29)35-26(21-10-12-22(33)13-11-21)25(28(37)30(35)38)27(36)24-15-14-23(16-18(24)2)41-17-20-8-6-5-7-9-20/h5-16,26,36H,4,17H2,1-3H3/b27-25+. The first-order valence-electron chi connectivity index (χ1n) is 13.2. The van der Waals surface area contributed by atoms with Gasteiger partial charge >= 0.3 is 11.9 Å². The molecule has 0 saturated carbocycles. The van der Waals surface area contributed by atoms with Crippen LogP contribution < -0.4 is 9.64 Å². The summed E-state index contributed by atoms with van der Waals surface area (Å²) in [5.41, 5.74) is 2.45. The predicted molar refractivity (Wildman–Crippen MR) is 156 cm³/mol. The molecule has 4 aromatic rings. The van der Waals surface area contributed by atoms with Crippen LogP contribution >= 0.6 is 11.3 Å². The van der Waals surface area contributed by atoms with E-state index in [1.807, 2.05) is 30.3 Å². The van der Waals surface area contributed by atoms with E-state index in [1.165, 1.54) is 24.3 Å². The van der Waals surface area contributed by atoms with Gasteiger partial charge in [-0.3, -0.25) is 14.5 Å². The van der Waals surface area contributed by atoms with Crippen molar-refractivity contribution in [2.45, 2.75) is 33.4 Å². The number of thiazole rings is 1. The van der Waals surface area contributed by atoms with E-state index in [4.69, 9.17) is 9.47 Å². The zero-order valence-corrected chi connectivity index (χ0v) is 23.9. The Morgan fingerprint density at radius 3 is 2.43 bits per heavy atom. The number of anilines is 1. The fraction of sp³-hybridized carbons (Fsp3) is 0.188. The van der Waals surface area contributed by atoms with Crippen molar-refractivity contribution in [2.24, 2.45) is 0 Å². The average molecular weight is 587 g/mol. The number of carbonyl (C=O) groups excluding carboxylic acids is 3. The van der Waals surface area contributed by atoms with Gasteiger partial charge in [-0.2, -0.15) is 0 Å². The van der Waals surface area contributed by atoms with Crippen molar-refractivity contribution >= 4 is 39.9 Å². The zero-order valence-electron chi connectivity index (χ0n) is 23.1. The third kappa shape index (κ3) is 5.53. The van der Waals surface area contributed by atoms with Gasteiger partial charge in [0.05, 0.1) is 23.9 Å². The summed E-state index contributed by atoms with van der Waals surface area (Å²) in [7, 11) is 0. The maximum atomic E-state index is 13.9. The molecule has 1 aliphatic heterocycles. The van der Waals surface area contributed by atoms with Crippen molar-refractivity contribution in [3.63, 3.8) is 0 Å². The second-order valence-electron chi connectivity index (χ2n) is 9.60. The lowest BCUT2D eigenvalue weighted by atomic mass is 9.94. The van der Waals surface area contributed by atoms with Gasteiger partial charge in [0, 0.05) is 5.56 Å². The molecule has 10 heteroatoms. The van der Waals surface area contributed by atoms with Gasteiger partial charge in [0.2, 0.25) is 0 Å². The Kier molecular flexibility index (Phi) is 8.17. The first-order valence-corrected chi connectivity index (χ1v) is 14.0. The van der Waals surface area contributed by atoms with Crippen LogP contribution in [0, 0.1) is 19.7 Å². The minimum atomic E-state index is -1.13. The molecule has 1 unspecified atom stereocenters. The van der Waals surface area contributed by atoms with Gasteiger partial charge in [0.15, 0.2) is 5.13 Å². The van der Waals surface area contributed by atoms with E-state index < -0.39 is 35.3 Å². The highest BCUT2D eigenvalue weighted by atomic mass is 32.1. The van der Waals surface area contributed by atoms with Gasteiger partial charge in [-0.1, -0.05) is 53.8 Å². The quantitative estimate of drug-likeness (QED) is 0.112. The lowest BCUT2D eigenvalue weighted by Crippen LogP contribution is -2.29. The lowest BCUT2D eigenvalue weighted by Gasteiger charge is -2.23. The third-order valence-corrected chi connectivity index (χ3v) is 7.92. The molecule has 42 heavy (non-hydrogen) atoms. The van der Waals surface area contributed by atoms with Gasteiger partial charge in [0.1, 0.15) is 28.8 Å². The van der Waals surface area contributed by atoms with Gasteiger partial charge in [-0.05, 0) is 67.8 Å².